The van der Waals surface area contributed by atoms with Gasteiger partial charge in [0.05, 0.1) is 11.2 Å². The van der Waals surface area contributed by atoms with Gasteiger partial charge in [0.1, 0.15) is 0 Å². The Labute approximate surface area is 279 Å². The molecule has 3 aromatic carbocycles. The molecule has 6 heteroatoms. The smallest absolute Gasteiger partial charge is 0.446 e. The van der Waals surface area contributed by atoms with Crippen molar-refractivity contribution in [2.75, 3.05) is 0 Å². The molecule has 0 amide bonds. The van der Waals surface area contributed by atoms with E-state index in [0.717, 1.165) is 40.2 Å². The molecule has 0 aliphatic carbocycles. The van der Waals surface area contributed by atoms with Crippen LogP contribution in [0.4, 0.5) is 0 Å². The van der Waals surface area contributed by atoms with Crippen LogP contribution in [0.5, 0.6) is 5.75 Å². The number of rotatable bonds is 6. The number of benzene rings is 3. The molecule has 5 nitrogen and oxygen atoms in total. The fourth-order valence-corrected chi connectivity index (χ4v) is 3.72. The molecule has 0 saturated carbocycles. The fraction of sp³-hybridized carbons (Fsp3) is 0.128. The predicted octanol–water partition coefficient (Wildman–Crippen LogP) is 8.99. The second kappa shape index (κ2) is 18.1. The summed E-state index contributed by atoms with van der Waals surface area (Å²) in [5.41, 5.74) is 5.16. The Balaban J connectivity index is 0.000000191. The molecule has 0 radical (unpaired) electrons. The Morgan fingerprint density at radius 3 is 1.47 bits per heavy atom. The van der Waals surface area contributed by atoms with E-state index in [4.69, 9.17) is 4.74 Å². The summed E-state index contributed by atoms with van der Waals surface area (Å²) in [6, 6.07) is 47.7. The molecule has 3 aromatic heterocycles. The molecule has 0 aliphatic rings. The molecule has 6 rings (SSSR count). The van der Waals surface area contributed by atoms with Crippen molar-refractivity contribution in [1.29, 1.82) is 0 Å². The largest absolute Gasteiger partial charge is 3.00 e. The van der Waals surface area contributed by atoms with Gasteiger partial charge in [-0.25, -0.2) is 0 Å². The molecule has 226 valence electrons. The number of aromatic nitrogens is 3. The van der Waals surface area contributed by atoms with Gasteiger partial charge in [-0.3, -0.25) is 4.79 Å². The summed E-state index contributed by atoms with van der Waals surface area (Å²) in [4.78, 5) is 24.8. The first-order chi connectivity index (χ1) is 21.5. The molecule has 0 aliphatic heterocycles. The van der Waals surface area contributed by atoms with Gasteiger partial charge >= 0.3 is 26.1 Å². The minimum absolute atomic E-state index is 0. The van der Waals surface area contributed by atoms with Crippen molar-refractivity contribution < 1.29 is 29.6 Å². The van der Waals surface area contributed by atoms with Gasteiger partial charge in [-0.1, -0.05) is 43.3 Å². The predicted molar refractivity (Wildman–Crippen MR) is 175 cm³/mol. The fourth-order valence-electron chi connectivity index (χ4n) is 3.72. The number of carbonyl (C=O) groups excluding carboxylic acids is 1. The van der Waals surface area contributed by atoms with E-state index < -0.39 is 5.41 Å². The number of hydrogen-bond donors (Lipinski definition) is 0. The number of pyridine rings is 3. The summed E-state index contributed by atoms with van der Waals surface area (Å²) in [5.74, 6) is 0.300. The number of esters is 1. The van der Waals surface area contributed by atoms with Crippen LogP contribution in [0, 0.1) is 23.6 Å². The molecule has 0 bridgehead atoms. The molecule has 0 atom stereocenters. The third kappa shape index (κ3) is 11.0. The van der Waals surface area contributed by atoms with E-state index in [9.17, 15) is 4.79 Å². The van der Waals surface area contributed by atoms with Crippen LogP contribution in [0.2, 0.25) is 0 Å². The maximum Gasteiger partial charge on any atom is 3.00 e. The van der Waals surface area contributed by atoms with E-state index in [1.807, 2.05) is 124 Å². The average molecular weight is 769 g/mol. The van der Waals surface area contributed by atoms with E-state index >= 15 is 0 Å². The SMILES string of the molecule is CCC(C)(C)C(=O)Oc1cc[c-]c(-c2ccccn2)c1.[Ir+3].[c-]1ccccc1-c1ccccn1.[c-]1ccccc1-c1ccccn1. The first-order valence-corrected chi connectivity index (χ1v) is 14.4. The molecular weight excluding hydrogens is 735 g/mol. The monoisotopic (exact) mass is 769 g/mol. The van der Waals surface area contributed by atoms with Crippen molar-refractivity contribution in [2.24, 2.45) is 5.41 Å². The van der Waals surface area contributed by atoms with Gasteiger partial charge in [0.2, 0.25) is 0 Å². The first-order valence-electron chi connectivity index (χ1n) is 14.4. The Morgan fingerprint density at radius 1 is 0.622 bits per heavy atom. The minimum Gasteiger partial charge on any atom is -0.446 e. The average Bonchev–Trinajstić information content (AvgIpc) is 3.11. The maximum absolute atomic E-state index is 12.1. The van der Waals surface area contributed by atoms with Crippen LogP contribution in [0.1, 0.15) is 27.2 Å². The number of nitrogens with zero attached hydrogens (tertiary/aromatic N) is 3. The number of hydrogen-bond acceptors (Lipinski definition) is 5. The molecule has 0 unspecified atom stereocenters. The van der Waals surface area contributed by atoms with Crippen molar-refractivity contribution >= 4 is 5.97 Å². The molecular formula is C39H34IrN3O2. The Bertz CT molecular complexity index is 1530. The van der Waals surface area contributed by atoms with E-state index in [0.29, 0.717) is 5.75 Å². The summed E-state index contributed by atoms with van der Waals surface area (Å²) in [5, 5.41) is 0. The first kappa shape index (κ1) is 34.7. The van der Waals surface area contributed by atoms with E-state index in [2.05, 4.69) is 33.2 Å². The molecule has 6 aromatic rings. The van der Waals surface area contributed by atoms with Crippen LogP contribution in [0.15, 0.2) is 140 Å². The van der Waals surface area contributed by atoms with E-state index in [1.165, 1.54) is 0 Å². The quantitative estimate of drug-likeness (QED) is 0.0962. The van der Waals surface area contributed by atoms with Gasteiger partial charge in [0.25, 0.3) is 0 Å². The van der Waals surface area contributed by atoms with Gasteiger partial charge in [0, 0.05) is 18.6 Å². The van der Waals surface area contributed by atoms with Gasteiger partial charge in [-0.05, 0) is 55.5 Å². The van der Waals surface area contributed by atoms with Crippen molar-refractivity contribution in [1.82, 2.24) is 15.0 Å². The topological polar surface area (TPSA) is 65.0 Å². The zero-order valence-electron chi connectivity index (χ0n) is 25.5. The Kier molecular flexibility index (Phi) is 14.0. The summed E-state index contributed by atoms with van der Waals surface area (Å²) in [6.07, 6.45) is 6.03. The zero-order chi connectivity index (χ0) is 31.0. The summed E-state index contributed by atoms with van der Waals surface area (Å²) in [6.45, 7) is 5.73. The van der Waals surface area contributed by atoms with Crippen LogP contribution in [0.3, 0.4) is 0 Å². The van der Waals surface area contributed by atoms with Crippen LogP contribution in [-0.4, -0.2) is 20.9 Å². The zero-order valence-corrected chi connectivity index (χ0v) is 27.9. The minimum atomic E-state index is -0.481. The van der Waals surface area contributed by atoms with Crippen LogP contribution < -0.4 is 4.74 Å². The summed E-state index contributed by atoms with van der Waals surface area (Å²) >= 11 is 0. The molecule has 0 fully saturated rings. The van der Waals surface area contributed by atoms with Gasteiger partial charge in [-0.2, -0.15) is 0 Å². The standard InChI is InChI=1S/C17H18NO2.2C11H8N.Ir/c1-4-17(2,3)16(19)20-14-9-7-8-13(12-14)15-10-5-6-11-18-15;2*1-2-6-10(7-3-1)11-8-4-5-9-12-11;/h5-7,9-12H,4H2,1-3H3;2*1-6,8-9H;/q3*-1;+3. The molecule has 0 spiro atoms. The molecule has 45 heavy (non-hydrogen) atoms. The summed E-state index contributed by atoms with van der Waals surface area (Å²) < 4.78 is 5.45. The van der Waals surface area contributed by atoms with Crippen molar-refractivity contribution in [3.05, 3.63) is 158 Å². The second-order valence-corrected chi connectivity index (χ2v) is 10.3. The normalized spacial score (nSPS) is 10.1. The molecule has 0 saturated heterocycles. The number of carbonyl (C=O) groups is 1. The van der Waals surface area contributed by atoms with Crippen molar-refractivity contribution in [3.8, 4) is 39.5 Å². The van der Waals surface area contributed by atoms with Crippen molar-refractivity contribution in [2.45, 2.75) is 27.2 Å². The van der Waals surface area contributed by atoms with Gasteiger partial charge in [-0.15, -0.1) is 102 Å². The molecule has 3 heterocycles. The van der Waals surface area contributed by atoms with E-state index in [-0.39, 0.29) is 26.1 Å². The van der Waals surface area contributed by atoms with E-state index in [1.54, 1.807) is 36.8 Å². The second-order valence-electron chi connectivity index (χ2n) is 10.3. The number of ether oxygens (including phenoxy) is 1. The molecule has 0 N–H and O–H groups in total. The van der Waals surface area contributed by atoms with Gasteiger partial charge in [0.15, 0.2) is 0 Å². The van der Waals surface area contributed by atoms with Crippen molar-refractivity contribution in [3.63, 3.8) is 0 Å². The third-order valence-corrected chi connectivity index (χ3v) is 6.66. The Hall–Kier alpha value is -4.77. The van der Waals surface area contributed by atoms with Crippen LogP contribution >= 0.6 is 0 Å². The maximum atomic E-state index is 12.1. The summed E-state index contributed by atoms with van der Waals surface area (Å²) in [7, 11) is 0. The van der Waals surface area contributed by atoms with Gasteiger partial charge < -0.3 is 19.7 Å². The van der Waals surface area contributed by atoms with Crippen LogP contribution in [0.25, 0.3) is 33.8 Å². The third-order valence-electron chi connectivity index (χ3n) is 6.66. The van der Waals surface area contributed by atoms with Crippen LogP contribution in [-0.2, 0) is 24.9 Å². The Morgan fingerprint density at radius 2 is 1.07 bits per heavy atom.